The third kappa shape index (κ3) is 4.79. The van der Waals surface area contributed by atoms with E-state index in [0.717, 1.165) is 22.8 Å². The standard InChI is InChI=1S/C27H34N3/c1-16-12-18(3)26(19(4)13-16)28-22(7)24-10-9-11-25(30-24)23(8)29-27-20(5)14-17(2)15-21(27)6/h9-15,28-30H,1-8H3/b24-22-,25-23?. The van der Waals surface area contributed by atoms with Crippen molar-refractivity contribution in [2.24, 2.45) is 0 Å². The first-order chi connectivity index (χ1) is 14.2. The normalized spacial score (nSPS) is 16.8. The number of nitrogens with one attached hydrogen (secondary N) is 3. The molecule has 0 aromatic heterocycles. The predicted molar refractivity (Wildman–Crippen MR) is 131 cm³/mol. The van der Waals surface area contributed by atoms with Crippen LogP contribution in [0.4, 0.5) is 11.4 Å². The molecule has 2 aromatic carbocycles. The fourth-order valence-electron chi connectivity index (χ4n) is 4.17. The van der Waals surface area contributed by atoms with Crippen molar-refractivity contribution in [3.63, 3.8) is 0 Å². The Morgan fingerprint density at radius 3 is 1.47 bits per heavy atom. The largest absolute Gasteiger partial charge is 0.357 e. The Kier molecular flexibility index (Phi) is 6.40. The van der Waals surface area contributed by atoms with Crippen molar-refractivity contribution in [3.8, 4) is 0 Å². The van der Waals surface area contributed by atoms with Gasteiger partial charge in [0.05, 0.1) is 5.70 Å². The Labute approximate surface area is 182 Å². The summed E-state index contributed by atoms with van der Waals surface area (Å²) in [4.78, 5) is 0. The molecule has 1 radical (unpaired) electrons. The zero-order valence-electron chi connectivity index (χ0n) is 19.5. The molecule has 1 aliphatic rings. The van der Waals surface area contributed by atoms with Gasteiger partial charge in [0, 0.05) is 34.9 Å². The summed E-state index contributed by atoms with van der Waals surface area (Å²) >= 11 is 0. The van der Waals surface area contributed by atoms with Gasteiger partial charge < -0.3 is 16.0 Å². The Morgan fingerprint density at radius 2 is 1.03 bits per heavy atom. The second-order valence-electron chi connectivity index (χ2n) is 8.53. The van der Waals surface area contributed by atoms with Crippen molar-refractivity contribution in [1.29, 1.82) is 0 Å². The van der Waals surface area contributed by atoms with Crippen LogP contribution >= 0.6 is 0 Å². The van der Waals surface area contributed by atoms with Crippen LogP contribution in [0.15, 0.2) is 59.2 Å². The number of hydrogen-bond donors (Lipinski definition) is 3. The average Bonchev–Trinajstić information content (AvgIpc) is 2.67. The van der Waals surface area contributed by atoms with Gasteiger partial charge in [0.25, 0.3) is 0 Å². The Bertz CT molecular complexity index is 1020. The molecule has 0 atom stereocenters. The molecule has 3 rings (SSSR count). The molecule has 0 unspecified atom stereocenters. The van der Waals surface area contributed by atoms with Gasteiger partial charge in [-0.3, -0.25) is 0 Å². The highest BCUT2D eigenvalue weighted by Crippen LogP contribution is 2.27. The van der Waals surface area contributed by atoms with Crippen molar-refractivity contribution >= 4 is 11.4 Å². The van der Waals surface area contributed by atoms with Gasteiger partial charge in [-0.15, -0.1) is 0 Å². The van der Waals surface area contributed by atoms with Crippen LogP contribution in [0.2, 0.25) is 0 Å². The SMILES string of the molecule is CC(Nc1c(C)cc(C)cc1C)=C1C=C[CH]/C(=C(\C)Nc2c(C)cc(C)cc2C)N1. The molecule has 0 aliphatic carbocycles. The maximum Gasteiger partial charge on any atom is 0.0572 e. The molecular weight excluding hydrogens is 366 g/mol. The molecule has 0 fully saturated rings. The van der Waals surface area contributed by atoms with Crippen molar-refractivity contribution < 1.29 is 0 Å². The second-order valence-corrected chi connectivity index (χ2v) is 8.53. The topological polar surface area (TPSA) is 36.1 Å². The van der Waals surface area contributed by atoms with E-state index in [1.54, 1.807) is 0 Å². The van der Waals surface area contributed by atoms with E-state index in [0.29, 0.717) is 0 Å². The van der Waals surface area contributed by atoms with Crippen LogP contribution in [0.5, 0.6) is 0 Å². The molecule has 0 spiro atoms. The minimum Gasteiger partial charge on any atom is -0.357 e. The van der Waals surface area contributed by atoms with Gasteiger partial charge >= 0.3 is 0 Å². The summed E-state index contributed by atoms with van der Waals surface area (Å²) in [7, 11) is 0. The zero-order valence-corrected chi connectivity index (χ0v) is 19.5. The van der Waals surface area contributed by atoms with E-state index in [2.05, 4.69) is 114 Å². The van der Waals surface area contributed by atoms with Crippen LogP contribution in [0.1, 0.15) is 47.2 Å². The lowest BCUT2D eigenvalue weighted by Crippen LogP contribution is -2.22. The maximum atomic E-state index is 3.62. The first kappa shape index (κ1) is 21.8. The van der Waals surface area contributed by atoms with E-state index >= 15 is 0 Å². The van der Waals surface area contributed by atoms with Crippen LogP contribution in [0, 0.1) is 48.0 Å². The van der Waals surface area contributed by atoms with E-state index in [9.17, 15) is 0 Å². The molecule has 1 heterocycles. The van der Waals surface area contributed by atoms with E-state index in [1.807, 2.05) is 0 Å². The van der Waals surface area contributed by atoms with Gasteiger partial charge in [0.2, 0.25) is 0 Å². The Balaban J connectivity index is 1.85. The number of rotatable bonds is 4. The molecule has 1 aliphatic heterocycles. The van der Waals surface area contributed by atoms with E-state index < -0.39 is 0 Å². The first-order valence-electron chi connectivity index (χ1n) is 10.6. The summed E-state index contributed by atoms with van der Waals surface area (Å²) in [5, 5.41) is 10.8. The minimum absolute atomic E-state index is 1.07. The van der Waals surface area contributed by atoms with Gasteiger partial charge in [0.1, 0.15) is 0 Å². The third-order valence-electron chi connectivity index (χ3n) is 5.58. The Hall–Kier alpha value is -2.94. The fraction of sp³-hybridized carbons (Fsp3) is 0.296. The highest BCUT2D eigenvalue weighted by Gasteiger charge is 2.13. The second kappa shape index (κ2) is 8.83. The molecule has 30 heavy (non-hydrogen) atoms. The van der Waals surface area contributed by atoms with Crippen LogP contribution in [-0.2, 0) is 0 Å². The van der Waals surface area contributed by atoms with E-state index in [1.165, 1.54) is 44.8 Å². The highest BCUT2D eigenvalue weighted by atomic mass is 15.0. The lowest BCUT2D eigenvalue weighted by atomic mass is 10.0. The molecule has 0 amide bonds. The molecular formula is C27H34N3. The average molecular weight is 401 g/mol. The highest BCUT2D eigenvalue weighted by molar-refractivity contribution is 5.63. The zero-order chi connectivity index (χ0) is 22.0. The first-order valence-corrected chi connectivity index (χ1v) is 10.6. The van der Waals surface area contributed by atoms with Gasteiger partial charge in [0.15, 0.2) is 0 Å². The summed E-state index contributed by atoms with van der Waals surface area (Å²) in [6.07, 6.45) is 6.32. The van der Waals surface area contributed by atoms with E-state index in [-0.39, 0.29) is 0 Å². The van der Waals surface area contributed by atoms with Crippen LogP contribution < -0.4 is 16.0 Å². The maximum absolute atomic E-state index is 3.62. The van der Waals surface area contributed by atoms with Crippen LogP contribution in [0.25, 0.3) is 0 Å². The molecule has 3 heteroatoms. The molecule has 157 valence electrons. The van der Waals surface area contributed by atoms with Crippen molar-refractivity contribution in [2.75, 3.05) is 10.6 Å². The van der Waals surface area contributed by atoms with Gasteiger partial charge in [-0.25, -0.2) is 0 Å². The summed E-state index contributed by atoms with van der Waals surface area (Å²) in [5.74, 6) is 0. The molecule has 0 saturated heterocycles. The van der Waals surface area contributed by atoms with Gasteiger partial charge in [-0.05, 0) is 83.7 Å². The molecule has 2 aromatic rings. The lowest BCUT2D eigenvalue weighted by Gasteiger charge is -2.23. The number of anilines is 2. The van der Waals surface area contributed by atoms with Crippen molar-refractivity contribution in [3.05, 3.63) is 99.0 Å². The minimum atomic E-state index is 1.07. The van der Waals surface area contributed by atoms with Gasteiger partial charge in [-0.1, -0.05) is 41.5 Å². The Morgan fingerprint density at radius 1 is 0.633 bits per heavy atom. The number of hydrogen-bond acceptors (Lipinski definition) is 3. The summed E-state index contributed by atoms with van der Waals surface area (Å²) in [5.41, 5.74) is 14.3. The van der Waals surface area contributed by atoms with E-state index in [4.69, 9.17) is 0 Å². The van der Waals surface area contributed by atoms with Crippen LogP contribution in [-0.4, -0.2) is 0 Å². The molecule has 3 nitrogen and oxygen atoms in total. The van der Waals surface area contributed by atoms with Crippen molar-refractivity contribution in [1.82, 2.24) is 5.32 Å². The molecule has 3 N–H and O–H groups in total. The van der Waals surface area contributed by atoms with Crippen molar-refractivity contribution in [2.45, 2.75) is 55.4 Å². The fourth-order valence-corrected chi connectivity index (χ4v) is 4.17. The van der Waals surface area contributed by atoms with Gasteiger partial charge in [-0.2, -0.15) is 0 Å². The summed E-state index contributed by atoms with van der Waals surface area (Å²) in [6, 6.07) is 8.88. The molecule has 0 bridgehead atoms. The smallest absolute Gasteiger partial charge is 0.0572 e. The number of aryl methyl sites for hydroxylation is 6. The predicted octanol–water partition coefficient (Wildman–Crippen LogP) is 6.89. The summed E-state index contributed by atoms with van der Waals surface area (Å²) in [6.45, 7) is 17.1. The lowest BCUT2D eigenvalue weighted by molar-refractivity contribution is 0.950. The molecule has 0 saturated carbocycles. The third-order valence-corrected chi connectivity index (χ3v) is 5.58. The number of allylic oxidation sites excluding steroid dienone is 4. The quantitative estimate of drug-likeness (QED) is 0.523. The number of benzene rings is 2. The van der Waals surface area contributed by atoms with Crippen LogP contribution in [0.3, 0.4) is 0 Å². The monoisotopic (exact) mass is 400 g/mol. The summed E-state index contributed by atoms with van der Waals surface area (Å²) < 4.78 is 0.